The first-order chi connectivity index (χ1) is 13.4. The van der Waals surface area contributed by atoms with Crippen molar-refractivity contribution in [2.24, 2.45) is 11.8 Å². The minimum absolute atomic E-state index is 0.219. The molecule has 2 fully saturated rings. The molecule has 142 valence electrons. The molecule has 0 N–H and O–H groups in total. The molecule has 2 saturated heterocycles. The molecule has 5 rings (SSSR count). The third kappa shape index (κ3) is 2.11. The lowest BCUT2D eigenvalue weighted by molar-refractivity contribution is -0.313. The molecule has 2 bridgehead atoms. The van der Waals surface area contributed by atoms with Crippen molar-refractivity contribution in [2.75, 3.05) is 4.90 Å². The topological polar surface area (TPSA) is 69.7 Å². The summed E-state index contributed by atoms with van der Waals surface area (Å²) in [6, 6.07) is 13.3. The molecule has 0 aliphatic carbocycles. The molecule has 1 amide bonds. The van der Waals surface area contributed by atoms with Gasteiger partial charge in [0, 0.05) is 17.3 Å². The van der Waals surface area contributed by atoms with E-state index in [1.54, 1.807) is 11.0 Å². The van der Waals surface area contributed by atoms with Crippen molar-refractivity contribution < 1.29 is 19.4 Å². The average molecular weight is 374 g/mol. The van der Waals surface area contributed by atoms with Crippen LogP contribution in [0.1, 0.15) is 13.3 Å². The summed E-state index contributed by atoms with van der Waals surface area (Å²) in [5, 5.41) is 13.8. The van der Waals surface area contributed by atoms with Crippen molar-refractivity contribution in [3.8, 4) is 0 Å². The lowest BCUT2D eigenvalue weighted by Gasteiger charge is -2.34. The van der Waals surface area contributed by atoms with Gasteiger partial charge in [0.25, 0.3) is 0 Å². The summed E-state index contributed by atoms with van der Waals surface area (Å²) < 4.78 is 6.17. The number of amides is 1. The summed E-state index contributed by atoms with van der Waals surface area (Å²) in [5.41, 5.74) is 0.730. The fourth-order valence-electron chi connectivity index (χ4n) is 5.20. The first-order valence-corrected chi connectivity index (χ1v) is 9.47. The van der Waals surface area contributed by atoms with Gasteiger partial charge in [-0.15, -0.1) is 6.58 Å². The van der Waals surface area contributed by atoms with Crippen molar-refractivity contribution in [2.45, 2.75) is 31.1 Å². The van der Waals surface area contributed by atoms with Crippen LogP contribution >= 0.6 is 0 Å². The molecule has 0 saturated carbocycles. The van der Waals surface area contributed by atoms with E-state index in [9.17, 15) is 14.7 Å². The number of aliphatic carboxylic acids is 1. The number of carbonyl (C=O) groups excluding carboxylic acids is 2. The number of hydrogen-bond donors (Lipinski definition) is 0. The van der Waals surface area contributed by atoms with E-state index in [4.69, 9.17) is 4.74 Å². The van der Waals surface area contributed by atoms with Gasteiger partial charge >= 0.3 is 0 Å². The van der Waals surface area contributed by atoms with Crippen LogP contribution in [0.3, 0.4) is 0 Å². The number of rotatable bonds is 4. The highest BCUT2D eigenvalue weighted by atomic mass is 16.5. The lowest BCUT2D eigenvalue weighted by atomic mass is 9.74. The van der Waals surface area contributed by atoms with Gasteiger partial charge in [-0.05, 0) is 24.8 Å². The van der Waals surface area contributed by atoms with Crippen LogP contribution in [0.15, 0.2) is 66.8 Å². The second-order valence-corrected chi connectivity index (χ2v) is 8.00. The minimum atomic E-state index is -1.23. The fraction of sp³-hybridized carbons (Fsp3) is 0.304. The zero-order valence-corrected chi connectivity index (χ0v) is 15.5. The van der Waals surface area contributed by atoms with Crippen LogP contribution in [0.2, 0.25) is 0 Å². The maximum Gasteiger partial charge on any atom is 0.234 e. The molecule has 3 aliphatic heterocycles. The molecule has 3 heterocycles. The molecule has 5 nitrogen and oxygen atoms in total. The number of carbonyl (C=O) groups is 2. The Morgan fingerprint density at radius 2 is 2.00 bits per heavy atom. The molecule has 0 radical (unpaired) electrons. The van der Waals surface area contributed by atoms with E-state index in [0.29, 0.717) is 6.42 Å². The smallest absolute Gasteiger partial charge is 0.234 e. The number of anilines is 1. The summed E-state index contributed by atoms with van der Waals surface area (Å²) in [5.74, 6) is -3.20. The van der Waals surface area contributed by atoms with E-state index in [1.807, 2.05) is 55.5 Å². The van der Waals surface area contributed by atoms with Gasteiger partial charge in [0.2, 0.25) is 5.91 Å². The zero-order valence-electron chi connectivity index (χ0n) is 15.5. The highest BCUT2D eigenvalue weighted by Gasteiger charge is 2.69. The van der Waals surface area contributed by atoms with Gasteiger partial charge in [-0.25, -0.2) is 0 Å². The zero-order chi connectivity index (χ0) is 19.6. The molecule has 2 aromatic carbocycles. The van der Waals surface area contributed by atoms with Crippen molar-refractivity contribution >= 4 is 28.3 Å². The number of ether oxygens (including phenoxy) is 1. The monoisotopic (exact) mass is 374 g/mol. The Balaban J connectivity index is 1.71. The molecule has 3 aliphatic rings. The first kappa shape index (κ1) is 17.2. The third-order valence-corrected chi connectivity index (χ3v) is 6.26. The van der Waals surface area contributed by atoms with Crippen molar-refractivity contribution in [3.63, 3.8) is 0 Å². The highest BCUT2D eigenvalue weighted by Crippen LogP contribution is 2.57. The Hall–Kier alpha value is -2.92. The number of carboxylic acids is 1. The van der Waals surface area contributed by atoms with E-state index < -0.39 is 29.5 Å². The molecule has 5 atom stereocenters. The summed E-state index contributed by atoms with van der Waals surface area (Å²) in [6.07, 6.45) is 3.57. The van der Waals surface area contributed by atoms with E-state index in [0.717, 1.165) is 22.0 Å². The van der Waals surface area contributed by atoms with Crippen molar-refractivity contribution in [1.82, 2.24) is 0 Å². The summed E-state index contributed by atoms with van der Waals surface area (Å²) in [4.78, 5) is 27.2. The summed E-state index contributed by atoms with van der Waals surface area (Å²) >= 11 is 0. The standard InChI is InChI=1S/C23H21NO4/c1-13(2)12-18-23-11-10-17(28-23)19(22(26)27)20(23)21(25)24(18)16-9-5-7-14-6-3-4-8-15(14)16/h3-11,17-20H,1,12H2,2H3,(H,26,27)/p-1/t17-,18-,19-,20-,23+/m0/s1. The largest absolute Gasteiger partial charge is 0.550 e. The second kappa shape index (κ2) is 5.79. The van der Waals surface area contributed by atoms with Crippen molar-refractivity contribution in [1.29, 1.82) is 0 Å². The Morgan fingerprint density at radius 3 is 2.75 bits per heavy atom. The molecule has 0 aromatic heterocycles. The van der Waals surface area contributed by atoms with Gasteiger partial charge in [0.1, 0.15) is 5.60 Å². The Kier molecular flexibility index (Phi) is 3.55. The minimum Gasteiger partial charge on any atom is -0.550 e. The van der Waals surface area contributed by atoms with Gasteiger partial charge in [-0.2, -0.15) is 0 Å². The first-order valence-electron chi connectivity index (χ1n) is 9.47. The van der Waals surface area contributed by atoms with E-state index in [2.05, 4.69) is 6.58 Å². The van der Waals surface area contributed by atoms with Gasteiger partial charge in [-0.1, -0.05) is 54.1 Å². The maximum atomic E-state index is 13.6. The number of fused-ring (bicyclic) bond motifs is 2. The van der Waals surface area contributed by atoms with E-state index >= 15 is 0 Å². The number of nitrogens with zero attached hydrogens (tertiary/aromatic N) is 1. The molecule has 5 heteroatoms. The molecular formula is C23H20NO4-. The molecule has 1 spiro atoms. The predicted molar refractivity (Wildman–Crippen MR) is 103 cm³/mol. The van der Waals surface area contributed by atoms with E-state index in [1.165, 1.54) is 0 Å². The number of benzene rings is 2. The maximum absolute atomic E-state index is 13.6. The quantitative estimate of drug-likeness (QED) is 0.770. The van der Waals surface area contributed by atoms with E-state index in [-0.39, 0.29) is 11.9 Å². The Morgan fingerprint density at radius 1 is 1.25 bits per heavy atom. The summed E-state index contributed by atoms with van der Waals surface area (Å²) in [7, 11) is 0. The Labute approximate surface area is 162 Å². The van der Waals surface area contributed by atoms with Gasteiger partial charge in [0.05, 0.1) is 23.8 Å². The average Bonchev–Trinajstić information content (AvgIpc) is 3.30. The van der Waals surface area contributed by atoms with Crippen molar-refractivity contribution in [3.05, 3.63) is 66.8 Å². The van der Waals surface area contributed by atoms with Crippen LogP contribution < -0.4 is 10.0 Å². The predicted octanol–water partition coefficient (Wildman–Crippen LogP) is 2.21. The van der Waals surface area contributed by atoms with Gasteiger partial charge in [0.15, 0.2) is 0 Å². The van der Waals surface area contributed by atoms with Crippen LogP contribution in [0.5, 0.6) is 0 Å². The summed E-state index contributed by atoms with van der Waals surface area (Å²) in [6.45, 7) is 5.95. The lowest BCUT2D eigenvalue weighted by Crippen LogP contribution is -2.46. The van der Waals surface area contributed by atoms with Crippen LogP contribution in [-0.4, -0.2) is 29.6 Å². The van der Waals surface area contributed by atoms with Gasteiger partial charge < -0.3 is 19.5 Å². The van der Waals surface area contributed by atoms with Gasteiger partial charge in [-0.3, -0.25) is 4.79 Å². The molecule has 0 unspecified atom stereocenters. The third-order valence-electron chi connectivity index (χ3n) is 6.26. The molecule has 28 heavy (non-hydrogen) atoms. The molecular weight excluding hydrogens is 354 g/mol. The highest BCUT2D eigenvalue weighted by molar-refractivity contribution is 6.09. The Bertz CT molecular complexity index is 1050. The fourth-order valence-corrected chi connectivity index (χ4v) is 5.20. The number of hydrogen-bond acceptors (Lipinski definition) is 4. The molecule has 2 aromatic rings. The normalized spacial score (nSPS) is 32.9. The number of carboxylic acid groups (broad SMARTS) is 1. The van der Waals surface area contributed by atoms with Crippen LogP contribution in [0.25, 0.3) is 10.8 Å². The SMILES string of the molecule is C=C(C)C[C@@H]1N(c2cccc3ccccc23)C(=O)[C@@H]2[C@@H](C(=O)[O-])[C@@H]3C=C[C@]21O3. The second-order valence-electron chi connectivity index (χ2n) is 8.00. The van der Waals surface area contributed by atoms with Crippen LogP contribution in [-0.2, 0) is 14.3 Å². The van der Waals surface area contributed by atoms with Crippen LogP contribution in [0.4, 0.5) is 5.69 Å². The van der Waals surface area contributed by atoms with Crippen LogP contribution in [0, 0.1) is 11.8 Å².